The van der Waals surface area contributed by atoms with Gasteiger partial charge in [0.1, 0.15) is 19.5 Å². The minimum absolute atomic E-state index is 0.168. The standard InChI is InChI=1S/C19H16O4.C7H9NO3/c20-17-11-19(22-13-16-9-5-2-6-10-16)23-14-18(17)21-12-15-7-3-1-4-8-15;1-8-3-7(11)6(10)2-5(8)4-9/h1-11,14H,12-13H2;2-3,9,11H,4H2,1H3. The summed E-state index contributed by atoms with van der Waals surface area (Å²) in [5, 5.41) is 17.6. The van der Waals surface area contributed by atoms with Crippen LogP contribution in [0, 0.1) is 0 Å². The van der Waals surface area contributed by atoms with E-state index in [0.717, 1.165) is 11.1 Å². The molecule has 8 nitrogen and oxygen atoms in total. The molecule has 2 aromatic carbocycles. The topological polar surface area (TPSA) is 111 Å². The summed E-state index contributed by atoms with van der Waals surface area (Å²) >= 11 is 0. The molecule has 0 aliphatic carbocycles. The van der Waals surface area contributed by atoms with Gasteiger partial charge in [-0.25, -0.2) is 0 Å². The zero-order valence-corrected chi connectivity index (χ0v) is 18.6. The molecule has 0 spiro atoms. The van der Waals surface area contributed by atoms with E-state index in [1.54, 1.807) is 7.05 Å². The summed E-state index contributed by atoms with van der Waals surface area (Å²) in [7, 11) is 1.64. The Morgan fingerprint density at radius 1 is 0.853 bits per heavy atom. The number of pyridine rings is 1. The smallest absolute Gasteiger partial charge is 0.288 e. The van der Waals surface area contributed by atoms with E-state index >= 15 is 0 Å². The molecule has 0 radical (unpaired) electrons. The Bertz CT molecular complexity index is 1300. The van der Waals surface area contributed by atoms with Gasteiger partial charge in [0.2, 0.25) is 16.6 Å². The summed E-state index contributed by atoms with van der Waals surface area (Å²) in [6.07, 6.45) is 2.56. The van der Waals surface area contributed by atoms with Gasteiger partial charge in [-0.2, -0.15) is 0 Å². The van der Waals surface area contributed by atoms with Crippen molar-refractivity contribution in [2.24, 2.45) is 7.05 Å². The molecule has 2 aromatic heterocycles. The number of aryl methyl sites for hydroxylation is 1. The molecule has 176 valence electrons. The third-order valence-corrected chi connectivity index (χ3v) is 4.72. The third-order valence-electron chi connectivity index (χ3n) is 4.72. The van der Waals surface area contributed by atoms with Crippen LogP contribution in [-0.4, -0.2) is 14.8 Å². The maximum Gasteiger partial charge on any atom is 0.288 e. The number of aromatic hydroxyl groups is 1. The number of ether oxygens (including phenoxy) is 2. The van der Waals surface area contributed by atoms with E-state index in [0.29, 0.717) is 18.9 Å². The van der Waals surface area contributed by atoms with Gasteiger partial charge in [0, 0.05) is 25.0 Å². The molecule has 8 heteroatoms. The Balaban J connectivity index is 0.000000248. The summed E-state index contributed by atoms with van der Waals surface area (Å²) in [6.45, 7) is 0.454. The molecule has 0 saturated carbocycles. The van der Waals surface area contributed by atoms with Crippen LogP contribution in [0.2, 0.25) is 0 Å². The third kappa shape index (κ3) is 7.11. The molecule has 4 rings (SSSR count). The summed E-state index contributed by atoms with van der Waals surface area (Å²) in [5.41, 5.74) is 1.73. The number of aliphatic hydroxyl groups is 1. The van der Waals surface area contributed by atoms with E-state index < -0.39 is 5.43 Å². The molecular formula is C26H25NO7. The summed E-state index contributed by atoms with van der Waals surface area (Å²) in [6, 6.07) is 21.8. The largest absolute Gasteiger partial charge is 0.503 e. The first-order chi connectivity index (χ1) is 16.5. The normalized spacial score (nSPS) is 10.2. The summed E-state index contributed by atoms with van der Waals surface area (Å²) in [4.78, 5) is 22.8. The first kappa shape index (κ1) is 24.3. The number of aliphatic hydroxyl groups excluding tert-OH is 1. The number of aromatic nitrogens is 1. The van der Waals surface area contributed by atoms with Gasteiger partial charge < -0.3 is 28.7 Å². The van der Waals surface area contributed by atoms with Gasteiger partial charge >= 0.3 is 0 Å². The van der Waals surface area contributed by atoms with Crippen LogP contribution in [0.15, 0.2) is 99.3 Å². The molecule has 0 unspecified atom stereocenters. The van der Waals surface area contributed by atoms with Crippen LogP contribution in [0.5, 0.6) is 17.4 Å². The quantitative estimate of drug-likeness (QED) is 0.432. The molecule has 2 heterocycles. The average Bonchev–Trinajstić information content (AvgIpc) is 2.86. The molecular weight excluding hydrogens is 438 g/mol. The lowest BCUT2D eigenvalue weighted by Crippen LogP contribution is -2.08. The van der Waals surface area contributed by atoms with E-state index in [2.05, 4.69) is 0 Å². The van der Waals surface area contributed by atoms with Crippen molar-refractivity contribution < 1.29 is 24.1 Å². The van der Waals surface area contributed by atoms with Crippen LogP contribution >= 0.6 is 0 Å². The second-order valence-corrected chi connectivity index (χ2v) is 7.26. The molecule has 4 aromatic rings. The van der Waals surface area contributed by atoms with Crippen LogP contribution in [0.4, 0.5) is 0 Å². The fraction of sp³-hybridized carbons (Fsp3) is 0.154. The van der Waals surface area contributed by atoms with Gasteiger partial charge in [-0.1, -0.05) is 60.7 Å². The monoisotopic (exact) mass is 463 g/mol. The Hall–Kier alpha value is -4.30. The first-order valence-corrected chi connectivity index (χ1v) is 10.4. The average molecular weight is 463 g/mol. The Morgan fingerprint density at radius 2 is 1.44 bits per heavy atom. The summed E-state index contributed by atoms with van der Waals surface area (Å²) < 4.78 is 17.7. The van der Waals surface area contributed by atoms with Crippen LogP contribution in [0.3, 0.4) is 0 Å². The fourth-order valence-electron chi connectivity index (χ4n) is 2.84. The minimum atomic E-state index is -0.466. The van der Waals surface area contributed by atoms with Crippen molar-refractivity contribution in [3.05, 3.63) is 123 Å². The highest BCUT2D eigenvalue weighted by molar-refractivity contribution is 5.22. The van der Waals surface area contributed by atoms with Crippen molar-refractivity contribution >= 4 is 0 Å². The number of nitrogens with zero attached hydrogens (tertiary/aromatic N) is 1. The number of hydrogen-bond acceptors (Lipinski definition) is 7. The van der Waals surface area contributed by atoms with E-state index in [4.69, 9.17) is 24.1 Å². The zero-order valence-electron chi connectivity index (χ0n) is 18.6. The van der Waals surface area contributed by atoms with Gasteiger partial charge in [0.05, 0.1) is 12.7 Å². The van der Waals surface area contributed by atoms with Crippen molar-refractivity contribution in [3.8, 4) is 17.4 Å². The van der Waals surface area contributed by atoms with Crippen LogP contribution < -0.4 is 20.3 Å². The molecule has 0 aliphatic rings. The zero-order chi connectivity index (χ0) is 24.3. The Labute approximate surface area is 195 Å². The predicted octanol–water partition coefficient (Wildman–Crippen LogP) is 3.38. The molecule has 0 bridgehead atoms. The highest BCUT2D eigenvalue weighted by atomic mass is 16.6. The highest BCUT2D eigenvalue weighted by Gasteiger charge is 2.06. The highest BCUT2D eigenvalue weighted by Crippen LogP contribution is 2.15. The van der Waals surface area contributed by atoms with E-state index in [9.17, 15) is 9.59 Å². The molecule has 0 amide bonds. The predicted molar refractivity (Wildman–Crippen MR) is 126 cm³/mol. The van der Waals surface area contributed by atoms with Gasteiger partial charge in [-0.3, -0.25) is 9.59 Å². The second kappa shape index (κ2) is 12.1. The maximum absolute atomic E-state index is 12.0. The molecule has 0 atom stereocenters. The molecule has 0 saturated heterocycles. The van der Waals surface area contributed by atoms with Crippen molar-refractivity contribution in [1.82, 2.24) is 4.57 Å². The van der Waals surface area contributed by atoms with Gasteiger partial charge in [-0.05, 0) is 11.1 Å². The van der Waals surface area contributed by atoms with Gasteiger partial charge in [-0.15, -0.1) is 0 Å². The van der Waals surface area contributed by atoms with Crippen molar-refractivity contribution in [2.45, 2.75) is 19.8 Å². The molecule has 34 heavy (non-hydrogen) atoms. The SMILES string of the molecule is Cn1cc(O)c(=O)cc1CO.O=c1cc(OCc2ccccc2)occ1OCc1ccccc1. The van der Waals surface area contributed by atoms with Crippen LogP contribution in [0.25, 0.3) is 0 Å². The lowest BCUT2D eigenvalue weighted by Gasteiger charge is -2.07. The second-order valence-electron chi connectivity index (χ2n) is 7.26. The van der Waals surface area contributed by atoms with Crippen molar-refractivity contribution in [3.63, 3.8) is 0 Å². The van der Waals surface area contributed by atoms with Crippen molar-refractivity contribution in [2.75, 3.05) is 0 Å². The van der Waals surface area contributed by atoms with E-state index in [1.807, 2.05) is 60.7 Å². The van der Waals surface area contributed by atoms with Gasteiger partial charge in [0.15, 0.2) is 5.75 Å². The van der Waals surface area contributed by atoms with Crippen LogP contribution in [-0.2, 0) is 26.9 Å². The Morgan fingerprint density at radius 3 is 2.00 bits per heavy atom. The number of rotatable bonds is 7. The number of benzene rings is 2. The minimum Gasteiger partial charge on any atom is -0.503 e. The first-order valence-electron chi connectivity index (χ1n) is 10.4. The molecule has 0 fully saturated rings. The Kier molecular flexibility index (Phi) is 8.65. The maximum atomic E-state index is 12.0. The number of hydrogen-bond donors (Lipinski definition) is 2. The van der Waals surface area contributed by atoms with Crippen molar-refractivity contribution in [1.29, 1.82) is 0 Å². The van der Waals surface area contributed by atoms with E-state index in [1.165, 1.54) is 29.2 Å². The summed E-state index contributed by atoms with van der Waals surface area (Å²) in [5.74, 6) is 0.0385. The molecule has 0 aliphatic heterocycles. The van der Waals surface area contributed by atoms with Gasteiger partial charge in [0.25, 0.3) is 5.95 Å². The lowest BCUT2D eigenvalue weighted by molar-refractivity contribution is 0.217. The van der Waals surface area contributed by atoms with Crippen LogP contribution in [0.1, 0.15) is 16.8 Å². The fourth-order valence-corrected chi connectivity index (χ4v) is 2.84. The molecule has 2 N–H and O–H groups in total. The van der Waals surface area contributed by atoms with E-state index in [-0.39, 0.29) is 29.5 Å². The lowest BCUT2D eigenvalue weighted by atomic mass is 10.2.